The molecule has 3 aromatic rings. The molecule has 28 heavy (non-hydrogen) atoms. The Morgan fingerprint density at radius 2 is 1.54 bits per heavy atom. The highest BCUT2D eigenvalue weighted by atomic mass is 32.2. The number of ether oxygens (including phenoxy) is 1. The second-order valence-electron chi connectivity index (χ2n) is 6.35. The molecule has 0 saturated carbocycles. The summed E-state index contributed by atoms with van der Waals surface area (Å²) < 4.78 is 5.81. The van der Waals surface area contributed by atoms with Gasteiger partial charge in [0.1, 0.15) is 12.4 Å². The Balaban J connectivity index is 1.50. The fourth-order valence-corrected chi connectivity index (χ4v) is 3.90. The summed E-state index contributed by atoms with van der Waals surface area (Å²) in [4.78, 5) is 11.0. The molecule has 4 nitrogen and oxygen atoms in total. The van der Waals surface area contributed by atoms with Crippen LogP contribution in [-0.2, 0) is 17.2 Å². The number of carbonyl (C=O) groups excluding carboxylic acids is 1. The van der Waals surface area contributed by atoms with E-state index < -0.39 is 0 Å². The molecule has 1 amide bonds. The third kappa shape index (κ3) is 5.87. The van der Waals surface area contributed by atoms with Crippen molar-refractivity contribution in [3.8, 4) is 5.75 Å². The molecule has 1 atom stereocenters. The maximum atomic E-state index is 11.0. The van der Waals surface area contributed by atoms with Crippen LogP contribution in [0.5, 0.6) is 5.75 Å². The van der Waals surface area contributed by atoms with Gasteiger partial charge in [0, 0.05) is 11.5 Å². The molecule has 0 aromatic heterocycles. The minimum Gasteiger partial charge on any atom is -0.489 e. The summed E-state index contributed by atoms with van der Waals surface area (Å²) in [5.41, 5.74) is 3.21. The average Bonchev–Trinajstić information content (AvgIpc) is 2.77. The van der Waals surface area contributed by atoms with Crippen LogP contribution in [0.1, 0.15) is 22.7 Å². The third-order valence-corrected chi connectivity index (χ3v) is 5.42. The van der Waals surface area contributed by atoms with E-state index >= 15 is 0 Å². The van der Waals surface area contributed by atoms with Crippen molar-refractivity contribution >= 4 is 18.2 Å². The minimum absolute atomic E-state index is 0.364. The van der Waals surface area contributed by atoms with Crippen LogP contribution in [0, 0.1) is 0 Å². The molecular formula is C23H23NO3S. The van der Waals surface area contributed by atoms with Crippen LogP contribution in [0.2, 0.25) is 0 Å². The smallest absolute Gasteiger partial charge is 0.233 e. The van der Waals surface area contributed by atoms with E-state index in [0.29, 0.717) is 18.8 Å². The summed E-state index contributed by atoms with van der Waals surface area (Å²) in [6.07, 6.45) is 0.455. The molecule has 0 radical (unpaired) electrons. The lowest BCUT2D eigenvalue weighted by atomic mass is 10.1. The number of amides is 1. The van der Waals surface area contributed by atoms with Crippen molar-refractivity contribution in [3.05, 3.63) is 102 Å². The SMILES string of the molecule is O=CN(O)C(CSCc1ccc(OCc2ccccc2)cc1)c1ccccc1. The molecule has 0 aliphatic carbocycles. The van der Waals surface area contributed by atoms with Crippen LogP contribution in [0.25, 0.3) is 0 Å². The number of rotatable bonds is 10. The second-order valence-corrected chi connectivity index (χ2v) is 7.38. The third-order valence-electron chi connectivity index (χ3n) is 4.33. The largest absolute Gasteiger partial charge is 0.489 e. The van der Waals surface area contributed by atoms with Crippen molar-refractivity contribution < 1.29 is 14.7 Å². The topological polar surface area (TPSA) is 49.8 Å². The van der Waals surface area contributed by atoms with Crippen LogP contribution in [0.3, 0.4) is 0 Å². The van der Waals surface area contributed by atoms with E-state index in [1.165, 1.54) is 5.56 Å². The molecule has 3 rings (SSSR count). The zero-order valence-electron chi connectivity index (χ0n) is 15.5. The van der Waals surface area contributed by atoms with Gasteiger partial charge in [-0.2, -0.15) is 11.8 Å². The number of nitrogens with zero attached hydrogens (tertiary/aromatic N) is 1. The summed E-state index contributed by atoms with van der Waals surface area (Å²) in [5, 5.41) is 10.6. The molecule has 144 valence electrons. The molecule has 0 bridgehead atoms. The molecule has 1 unspecified atom stereocenters. The Bertz CT molecular complexity index is 841. The van der Waals surface area contributed by atoms with Crippen LogP contribution in [0.4, 0.5) is 0 Å². The second kappa shape index (κ2) is 10.5. The fraction of sp³-hybridized carbons (Fsp3) is 0.174. The molecule has 1 N–H and O–H groups in total. The molecule has 3 aromatic carbocycles. The van der Waals surface area contributed by atoms with Gasteiger partial charge in [0.2, 0.25) is 6.41 Å². The predicted molar refractivity (Wildman–Crippen MR) is 112 cm³/mol. The van der Waals surface area contributed by atoms with Gasteiger partial charge in [0.15, 0.2) is 0 Å². The Labute approximate surface area is 169 Å². The first-order valence-corrected chi connectivity index (χ1v) is 10.2. The summed E-state index contributed by atoms with van der Waals surface area (Å²) in [5.74, 6) is 2.22. The molecule has 5 heteroatoms. The van der Waals surface area contributed by atoms with Crippen molar-refractivity contribution in [1.82, 2.24) is 5.06 Å². The van der Waals surface area contributed by atoms with Crippen molar-refractivity contribution in [3.63, 3.8) is 0 Å². The Hall–Kier alpha value is -2.76. The number of thioether (sulfide) groups is 1. The first-order valence-electron chi connectivity index (χ1n) is 9.07. The van der Waals surface area contributed by atoms with E-state index in [1.807, 2.05) is 84.9 Å². The maximum Gasteiger partial charge on any atom is 0.233 e. The van der Waals surface area contributed by atoms with Crippen molar-refractivity contribution in [2.24, 2.45) is 0 Å². The molecule has 0 spiro atoms. The van der Waals surface area contributed by atoms with Crippen molar-refractivity contribution in [1.29, 1.82) is 0 Å². The van der Waals surface area contributed by atoms with Gasteiger partial charge in [-0.15, -0.1) is 0 Å². The van der Waals surface area contributed by atoms with Gasteiger partial charge >= 0.3 is 0 Å². The molecule has 0 heterocycles. The van der Waals surface area contributed by atoms with Gasteiger partial charge in [-0.25, -0.2) is 5.06 Å². The molecule has 0 saturated heterocycles. The lowest BCUT2D eigenvalue weighted by Gasteiger charge is -2.22. The average molecular weight is 394 g/mol. The molecule has 0 aliphatic rings. The first kappa shape index (κ1) is 20.0. The van der Waals surface area contributed by atoms with Crippen molar-refractivity contribution in [2.45, 2.75) is 18.4 Å². The summed E-state index contributed by atoms with van der Waals surface area (Å²) in [6.45, 7) is 0.547. The highest BCUT2D eigenvalue weighted by Crippen LogP contribution is 2.25. The number of carbonyl (C=O) groups is 1. The van der Waals surface area contributed by atoms with Gasteiger partial charge < -0.3 is 4.74 Å². The summed E-state index contributed by atoms with van der Waals surface area (Å²) in [7, 11) is 0. The Morgan fingerprint density at radius 3 is 2.18 bits per heavy atom. The van der Waals surface area contributed by atoms with E-state index in [0.717, 1.165) is 27.7 Å². The first-order chi connectivity index (χ1) is 13.8. The summed E-state index contributed by atoms with van der Waals surface area (Å²) >= 11 is 1.67. The van der Waals surface area contributed by atoms with Gasteiger partial charge in [-0.3, -0.25) is 10.0 Å². The minimum atomic E-state index is -0.364. The predicted octanol–water partition coefficient (Wildman–Crippen LogP) is 5.09. The zero-order valence-corrected chi connectivity index (χ0v) is 16.3. The number of hydroxylamine groups is 2. The fourth-order valence-electron chi connectivity index (χ4n) is 2.79. The van der Waals surface area contributed by atoms with E-state index in [4.69, 9.17) is 4.74 Å². The Morgan fingerprint density at radius 1 is 0.893 bits per heavy atom. The van der Waals surface area contributed by atoms with Gasteiger partial charge in [0.05, 0.1) is 6.04 Å². The quantitative estimate of drug-likeness (QED) is 0.296. The van der Waals surface area contributed by atoms with E-state index in [2.05, 4.69) is 0 Å². The number of benzene rings is 3. The van der Waals surface area contributed by atoms with Gasteiger partial charge in [-0.1, -0.05) is 72.8 Å². The monoisotopic (exact) mass is 393 g/mol. The lowest BCUT2D eigenvalue weighted by Crippen LogP contribution is -2.25. The highest BCUT2D eigenvalue weighted by Gasteiger charge is 2.17. The highest BCUT2D eigenvalue weighted by molar-refractivity contribution is 7.98. The Kier molecular flexibility index (Phi) is 7.53. The molecule has 0 aliphatic heterocycles. The van der Waals surface area contributed by atoms with Crippen molar-refractivity contribution in [2.75, 3.05) is 5.75 Å². The molecule has 0 fully saturated rings. The van der Waals surface area contributed by atoms with Crippen LogP contribution in [-0.4, -0.2) is 22.4 Å². The lowest BCUT2D eigenvalue weighted by molar-refractivity contribution is -0.158. The number of hydrogen-bond acceptors (Lipinski definition) is 4. The van der Waals surface area contributed by atoms with Crippen LogP contribution >= 0.6 is 11.8 Å². The van der Waals surface area contributed by atoms with E-state index in [9.17, 15) is 10.0 Å². The number of hydrogen-bond donors (Lipinski definition) is 1. The van der Waals surface area contributed by atoms with Crippen LogP contribution in [0.15, 0.2) is 84.9 Å². The molecular weight excluding hydrogens is 370 g/mol. The van der Waals surface area contributed by atoms with Gasteiger partial charge in [0.25, 0.3) is 0 Å². The maximum absolute atomic E-state index is 11.0. The van der Waals surface area contributed by atoms with Gasteiger partial charge in [-0.05, 0) is 28.8 Å². The normalized spacial score (nSPS) is 11.6. The van der Waals surface area contributed by atoms with Crippen LogP contribution < -0.4 is 4.74 Å². The summed E-state index contributed by atoms with van der Waals surface area (Å²) in [6, 6.07) is 27.3. The standard InChI is InChI=1S/C23H23NO3S/c25-18-24(26)23(21-9-5-2-6-10-21)17-28-16-20-11-13-22(14-12-20)27-15-19-7-3-1-4-8-19/h1-14,18,23,26H,15-17H2. The van der Waals surface area contributed by atoms with E-state index in [1.54, 1.807) is 11.8 Å². The van der Waals surface area contributed by atoms with E-state index in [-0.39, 0.29) is 6.04 Å². The zero-order chi connectivity index (χ0) is 19.6.